The van der Waals surface area contributed by atoms with Crippen LogP contribution >= 0.6 is 0 Å². The number of hydrogen-bond donors (Lipinski definition) is 3. The maximum absolute atomic E-state index is 14.0. The van der Waals surface area contributed by atoms with Crippen molar-refractivity contribution < 1.29 is 34.1 Å². The number of carbonyl (C=O) groups excluding carboxylic acids is 4. The van der Waals surface area contributed by atoms with Gasteiger partial charge in [-0.2, -0.15) is 0 Å². The molecule has 2 atom stereocenters. The molecule has 0 radical (unpaired) electrons. The van der Waals surface area contributed by atoms with E-state index in [-0.39, 0.29) is 35.8 Å². The molecular weight excluding hydrogens is 588 g/mol. The number of nitrogens with one attached hydrogen (secondary N) is 3. The molecule has 2 aliphatic rings. The highest BCUT2D eigenvalue weighted by Gasteiger charge is 2.45. The molecule has 11 heteroatoms. The molecule has 0 saturated heterocycles. The molecule has 0 unspecified atom stereocenters. The third-order valence-corrected chi connectivity index (χ3v) is 9.41. The number of Topliss-reactive ketones (excluding diaryl/α,β-unsaturated/α-hetero) is 1. The lowest BCUT2D eigenvalue weighted by Crippen LogP contribution is -2.26. The summed E-state index contributed by atoms with van der Waals surface area (Å²) in [4.78, 5) is 64.7. The fourth-order valence-corrected chi connectivity index (χ4v) is 6.82. The van der Waals surface area contributed by atoms with E-state index in [2.05, 4.69) is 21.5 Å². The van der Waals surface area contributed by atoms with E-state index in [1.54, 1.807) is 19.9 Å². The number of carboxylic acids is 1. The number of aromatic nitrogens is 3. The first-order chi connectivity index (χ1) is 21.9. The Kier molecular flexibility index (Phi) is 8.62. The number of ketones is 1. The minimum absolute atomic E-state index is 0.137. The van der Waals surface area contributed by atoms with E-state index in [1.807, 2.05) is 20.8 Å². The van der Waals surface area contributed by atoms with Crippen LogP contribution in [0.4, 0.5) is 0 Å². The zero-order chi connectivity index (χ0) is 33.6. The normalized spacial score (nSPS) is 18.3. The third kappa shape index (κ3) is 5.15. The van der Waals surface area contributed by atoms with Gasteiger partial charge >= 0.3 is 5.97 Å². The molecule has 3 aromatic rings. The predicted octanol–water partition coefficient (Wildman–Crippen LogP) is 3.68. The Morgan fingerprint density at radius 2 is 1.78 bits per heavy atom. The van der Waals surface area contributed by atoms with E-state index in [4.69, 9.17) is 9.73 Å². The van der Waals surface area contributed by atoms with Gasteiger partial charge in [-0.05, 0) is 79.8 Å². The van der Waals surface area contributed by atoms with Crippen LogP contribution in [0.1, 0.15) is 98.1 Å². The zero-order valence-electron chi connectivity index (χ0n) is 26.7. The summed E-state index contributed by atoms with van der Waals surface area (Å²) in [6.45, 7) is 13.1. The van der Waals surface area contributed by atoms with E-state index >= 15 is 0 Å². The van der Waals surface area contributed by atoms with Gasteiger partial charge < -0.3 is 34.7 Å². The minimum Gasteiger partial charge on any atom is -0.860 e. The van der Waals surface area contributed by atoms with Crippen LogP contribution in [-0.4, -0.2) is 51.8 Å². The smallest absolute Gasteiger partial charge is 0.342 e. The van der Waals surface area contributed by atoms with Crippen molar-refractivity contribution in [3.63, 3.8) is 0 Å². The molecular formula is C35H36N4O7-2. The maximum Gasteiger partial charge on any atom is 0.342 e. The molecule has 0 saturated carbocycles. The van der Waals surface area contributed by atoms with Gasteiger partial charge in [0, 0.05) is 52.6 Å². The number of carbonyl (C=O) groups is 4. The summed E-state index contributed by atoms with van der Waals surface area (Å²) in [6.07, 6.45) is 4.95. The van der Waals surface area contributed by atoms with Gasteiger partial charge in [-0.1, -0.05) is 26.5 Å². The first-order valence-electron chi connectivity index (χ1n) is 15.1. The van der Waals surface area contributed by atoms with Crippen LogP contribution in [0.5, 0.6) is 5.88 Å². The first-order valence-corrected chi connectivity index (χ1v) is 15.1. The number of fused-ring (bicyclic) bond motifs is 1. The number of methoxy groups -OCH3 is 1. The molecule has 1 aliphatic heterocycles. The van der Waals surface area contributed by atoms with Gasteiger partial charge in [0.2, 0.25) is 5.78 Å². The number of H-pyrrole nitrogens is 3. The average molecular weight is 625 g/mol. The van der Waals surface area contributed by atoms with Crippen molar-refractivity contribution in [2.45, 2.75) is 60.3 Å². The van der Waals surface area contributed by atoms with Crippen LogP contribution < -0.4 is 10.2 Å². The number of esters is 1. The highest BCUT2D eigenvalue weighted by molar-refractivity contribution is 6.45. The average Bonchev–Trinajstić information content (AvgIpc) is 3.76. The van der Waals surface area contributed by atoms with Crippen molar-refractivity contribution in [1.82, 2.24) is 15.0 Å². The molecule has 3 aromatic heterocycles. The third-order valence-electron chi connectivity index (χ3n) is 9.41. The quantitative estimate of drug-likeness (QED) is 0.165. The zero-order valence-corrected chi connectivity index (χ0v) is 26.7. The first kappa shape index (κ1) is 32.2. The molecule has 0 bridgehead atoms. The summed E-state index contributed by atoms with van der Waals surface area (Å²) < 4.78 is 5.05. The van der Waals surface area contributed by atoms with Gasteiger partial charge in [0.05, 0.1) is 29.8 Å². The lowest BCUT2D eigenvalue weighted by Gasteiger charge is -2.20. The summed E-state index contributed by atoms with van der Waals surface area (Å²) in [5.74, 6) is -3.70. The van der Waals surface area contributed by atoms with E-state index in [0.29, 0.717) is 63.6 Å². The van der Waals surface area contributed by atoms with Crippen molar-refractivity contribution in [2.75, 3.05) is 7.11 Å². The molecule has 4 heterocycles. The summed E-state index contributed by atoms with van der Waals surface area (Å²) >= 11 is 0. The van der Waals surface area contributed by atoms with Crippen LogP contribution in [0, 0.1) is 32.6 Å². The van der Waals surface area contributed by atoms with Crippen molar-refractivity contribution in [2.24, 2.45) is 16.8 Å². The summed E-state index contributed by atoms with van der Waals surface area (Å²) in [7, 11) is 1.19. The minimum atomic E-state index is -1.23. The molecule has 240 valence electrons. The fraction of sp³-hybridized carbons (Fsp3) is 0.343. The molecule has 0 fully saturated rings. The van der Waals surface area contributed by atoms with E-state index in [0.717, 1.165) is 28.8 Å². The van der Waals surface area contributed by atoms with Crippen molar-refractivity contribution in [3.8, 4) is 5.88 Å². The molecule has 3 N–H and O–H groups in total. The number of aliphatic imine (C=N–C) groups is 1. The van der Waals surface area contributed by atoms with Crippen LogP contribution in [0.25, 0.3) is 17.7 Å². The molecule has 5 rings (SSSR count). The van der Waals surface area contributed by atoms with E-state index in [9.17, 15) is 29.4 Å². The summed E-state index contributed by atoms with van der Waals surface area (Å²) in [6, 6.07) is 0. The molecule has 0 aromatic carbocycles. The second-order valence-electron chi connectivity index (χ2n) is 11.8. The Bertz CT molecular complexity index is 1910. The lowest BCUT2D eigenvalue weighted by molar-refractivity contribution is -0.306. The Morgan fingerprint density at radius 3 is 2.37 bits per heavy atom. The van der Waals surface area contributed by atoms with Gasteiger partial charge in [-0.3, -0.25) is 14.6 Å². The highest BCUT2D eigenvalue weighted by atomic mass is 16.5. The van der Waals surface area contributed by atoms with Crippen molar-refractivity contribution in [1.29, 1.82) is 0 Å². The number of aromatic amines is 3. The van der Waals surface area contributed by atoms with E-state index < -0.39 is 23.6 Å². The number of rotatable bonds is 11. The van der Waals surface area contributed by atoms with Crippen LogP contribution in [-0.2, 0) is 27.2 Å². The number of aliphatic carboxylic acids is 1. The fourth-order valence-electron chi connectivity index (χ4n) is 6.82. The predicted molar refractivity (Wildman–Crippen MR) is 169 cm³/mol. The Balaban J connectivity index is 1.69. The van der Waals surface area contributed by atoms with Gasteiger partial charge in [0.25, 0.3) is 0 Å². The number of aldehydes is 1. The van der Waals surface area contributed by atoms with Gasteiger partial charge in [0.1, 0.15) is 5.57 Å². The Morgan fingerprint density at radius 1 is 1.07 bits per heavy atom. The summed E-state index contributed by atoms with van der Waals surface area (Å²) in [5, 5.41) is 24.0. The largest absolute Gasteiger partial charge is 0.860 e. The standard InChI is InChI=1S/C35H38N4O7/c1-8-19-15(3)26(14-40)36-25(19)13-24-18(6)28-32(38-24)29(30(33(28)43)35(45)46-7)31-21(10-11-27(41)42)17(5)22(37-31)12-23-16(4)20(9-2)34(44)39-23/h9,12,14,17,21,36,38-39,44H,2,8,10-11,13H2,1,3-7H3,(H,41,42)/p-2/b22-12-/t17-,21-/m0/s1. The highest BCUT2D eigenvalue weighted by Crippen LogP contribution is 2.45. The second-order valence-corrected chi connectivity index (χ2v) is 11.8. The molecule has 1 aliphatic carbocycles. The van der Waals surface area contributed by atoms with Crippen molar-refractivity contribution in [3.05, 3.63) is 79.7 Å². The van der Waals surface area contributed by atoms with Crippen LogP contribution in [0.3, 0.4) is 0 Å². The van der Waals surface area contributed by atoms with Gasteiger partial charge in [0.15, 0.2) is 6.29 Å². The number of nitrogens with zero attached hydrogens (tertiary/aromatic N) is 1. The van der Waals surface area contributed by atoms with Gasteiger partial charge in [-0.15, -0.1) is 0 Å². The monoisotopic (exact) mass is 624 g/mol. The Hall–Kier alpha value is -5.19. The molecule has 0 spiro atoms. The number of hydrogen-bond acceptors (Lipinski definition) is 8. The Labute approximate surface area is 266 Å². The molecule has 0 amide bonds. The summed E-state index contributed by atoms with van der Waals surface area (Å²) in [5.41, 5.74) is 8.03. The number of carboxylic acid groups (broad SMARTS) is 1. The maximum atomic E-state index is 14.0. The molecule has 46 heavy (non-hydrogen) atoms. The number of allylic oxidation sites excluding steroid dienone is 2. The SMILES string of the molecule is C=Cc1c([O-])[nH]c(/C=C2\N=C(C3=C(C(=O)OC)C(=O)c4c3[nH]c(Cc3[nH]c(C=O)c(C)c3CC)c4C)[C@@H](CCC(=O)[O-])[C@@H]2C)c1C. The second kappa shape index (κ2) is 12.3. The van der Waals surface area contributed by atoms with Gasteiger partial charge in [-0.25, -0.2) is 4.79 Å². The number of ether oxygens (including phenoxy) is 1. The van der Waals surface area contributed by atoms with E-state index in [1.165, 1.54) is 13.2 Å². The molecule has 11 nitrogen and oxygen atoms in total. The topological polar surface area (TPSA) is 183 Å². The lowest BCUT2D eigenvalue weighted by atomic mass is 9.82. The van der Waals surface area contributed by atoms with Crippen molar-refractivity contribution >= 4 is 47.4 Å². The van der Waals surface area contributed by atoms with Crippen LogP contribution in [0.2, 0.25) is 0 Å². The van der Waals surface area contributed by atoms with Crippen LogP contribution in [0.15, 0.2) is 22.8 Å².